The number of carbonyl (C=O) groups excluding carboxylic acids is 2. The number of carbonyl (C=O) groups is 2. The van der Waals surface area contributed by atoms with Crippen molar-refractivity contribution >= 4 is 23.4 Å². The Labute approximate surface area is 123 Å². The van der Waals surface area contributed by atoms with E-state index in [1.54, 1.807) is 25.3 Å². The Bertz CT molecular complexity index is 515. The van der Waals surface area contributed by atoms with Crippen LogP contribution in [-0.2, 0) is 14.3 Å². The van der Waals surface area contributed by atoms with Crippen LogP contribution in [0.2, 0.25) is 0 Å². The first-order chi connectivity index (χ1) is 10.1. The van der Waals surface area contributed by atoms with Gasteiger partial charge >= 0.3 is 5.97 Å². The van der Waals surface area contributed by atoms with E-state index < -0.39 is 17.9 Å². The first kappa shape index (κ1) is 15.2. The molecule has 0 aromatic carbocycles. The third-order valence-corrected chi connectivity index (χ3v) is 3.27. The fraction of sp³-hybridized carbons (Fsp3) is 0.500. The highest BCUT2D eigenvalue weighted by atomic mass is 16.5. The van der Waals surface area contributed by atoms with E-state index in [1.807, 2.05) is 0 Å². The van der Waals surface area contributed by atoms with E-state index in [2.05, 4.69) is 15.2 Å². The molecule has 0 aliphatic carbocycles. The van der Waals surface area contributed by atoms with E-state index in [4.69, 9.17) is 10.5 Å². The van der Waals surface area contributed by atoms with Crippen LogP contribution >= 0.6 is 0 Å². The second-order valence-electron chi connectivity index (χ2n) is 4.79. The van der Waals surface area contributed by atoms with Crippen molar-refractivity contribution in [2.45, 2.75) is 25.8 Å². The molecule has 1 saturated heterocycles. The maximum atomic E-state index is 12.0. The summed E-state index contributed by atoms with van der Waals surface area (Å²) in [6.45, 7) is 3.66. The average Bonchev–Trinajstić information content (AvgIpc) is 3.01. The van der Waals surface area contributed by atoms with Crippen LogP contribution in [0.1, 0.15) is 19.8 Å². The number of hydrogen-bond donors (Lipinski definition) is 2. The van der Waals surface area contributed by atoms with E-state index in [0.29, 0.717) is 11.5 Å². The molecule has 1 unspecified atom stereocenters. The Kier molecular flexibility index (Phi) is 5.10. The van der Waals surface area contributed by atoms with E-state index >= 15 is 0 Å². The quantitative estimate of drug-likeness (QED) is 0.606. The smallest absolute Gasteiger partial charge is 0.332 e. The van der Waals surface area contributed by atoms with Crippen LogP contribution in [0.15, 0.2) is 18.3 Å². The van der Waals surface area contributed by atoms with Crippen LogP contribution in [-0.4, -0.2) is 42.6 Å². The molecule has 1 fully saturated rings. The number of nitrogens with one attached hydrogen (secondary N) is 1. The lowest BCUT2D eigenvalue weighted by Gasteiger charge is -2.20. The maximum absolute atomic E-state index is 12.0. The van der Waals surface area contributed by atoms with Crippen molar-refractivity contribution in [1.82, 2.24) is 4.98 Å². The van der Waals surface area contributed by atoms with Gasteiger partial charge in [-0.2, -0.15) is 0 Å². The molecule has 2 rings (SSSR count). The first-order valence-corrected chi connectivity index (χ1v) is 7.06. The Morgan fingerprint density at radius 1 is 1.48 bits per heavy atom. The predicted molar refractivity (Wildman–Crippen MR) is 78.9 cm³/mol. The van der Waals surface area contributed by atoms with Gasteiger partial charge in [-0.1, -0.05) is 0 Å². The van der Waals surface area contributed by atoms with Gasteiger partial charge in [0.15, 0.2) is 11.9 Å². The summed E-state index contributed by atoms with van der Waals surface area (Å²) in [5.41, 5.74) is 6.14. The third kappa shape index (κ3) is 3.69. The van der Waals surface area contributed by atoms with Gasteiger partial charge in [0.1, 0.15) is 0 Å². The van der Waals surface area contributed by atoms with Crippen molar-refractivity contribution < 1.29 is 14.3 Å². The number of anilines is 2. The standard InChI is InChI=1S/C14H20N4O3/c1-2-21-14(20)11(15)13(19)17-10-6-5-7-16-12(10)18-8-3-4-9-18/h5-7,11H,2-4,8-9,15H2,1H3,(H,17,19). The van der Waals surface area contributed by atoms with Crippen LogP contribution in [0.5, 0.6) is 0 Å². The fourth-order valence-electron chi connectivity index (χ4n) is 2.23. The van der Waals surface area contributed by atoms with Gasteiger partial charge in [0.25, 0.3) is 5.91 Å². The number of amides is 1. The Balaban J connectivity index is 2.08. The van der Waals surface area contributed by atoms with E-state index in [0.717, 1.165) is 25.9 Å². The van der Waals surface area contributed by atoms with Crippen molar-refractivity contribution in [3.8, 4) is 0 Å². The highest BCUT2D eigenvalue weighted by Gasteiger charge is 2.25. The highest BCUT2D eigenvalue weighted by Crippen LogP contribution is 2.26. The summed E-state index contributed by atoms with van der Waals surface area (Å²) in [6.07, 6.45) is 3.88. The Morgan fingerprint density at radius 2 is 2.19 bits per heavy atom. The maximum Gasteiger partial charge on any atom is 0.332 e. The minimum absolute atomic E-state index is 0.186. The lowest BCUT2D eigenvalue weighted by atomic mass is 10.2. The van der Waals surface area contributed by atoms with E-state index in [9.17, 15) is 9.59 Å². The summed E-state index contributed by atoms with van der Waals surface area (Å²) in [5, 5.41) is 2.66. The number of pyridine rings is 1. The molecule has 7 heteroatoms. The predicted octanol–water partition coefficient (Wildman–Crippen LogP) is 0.511. The number of ether oxygens (including phenoxy) is 1. The highest BCUT2D eigenvalue weighted by molar-refractivity contribution is 6.09. The molecule has 7 nitrogen and oxygen atoms in total. The topological polar surface area (TPSA) is 97.5 Å². The van der Waals surface area contributed by atoms with Gasteiger partial charge in [0, 0.05) is 19.3 Å². The minimum Gasteiger partial charge on any atom is -0.464 e. The summed E-state index contributed by atoms with van der Waals surface area (Å²) in [6, 6.07) is 2.14. The summed E-state index contributed by atoms with van der Waals surface area (Å²) in [7, 11) is 0. The zero-order chi connectivity index (χ0) is 15.2. The van der Waals surface area contributed by atoms with Crippen molar-refractivity contribution in [3.63, 3.8) is 0 Å². The van der Waals surface area contributed by atoms with Crippen molar-refractivity contribution in [2.24, 2.45) is 5.73 Å². The molecule has 21 heavy (non-hydrogen) atoms. The van der Waals surface area contributed by atoms with Crippen LogP contribution < -0.4 is 16.0 Å². The van der Waals surface area contributed by atoms with Crippen LogP contribution in [0.25, 0.3) is 0 Å². The SMILES string of the molecule is CCOC(=O)C(N)C(=O)Nc1cccnc1N1CCCC1. The van der Waals surface area contributed by atoms with Crippen LogP contribution in [0.4, 0.5) is 11.5 Å². The second-order valence-corrected chi connectivity index (χ2v) is 4.79. The lowest BCUT2D eigenvalue weighted by molar-refractivity contribution is -0.146. The van der Waals surface area contributed by atoms with Gasteiger partial charge < -0.3 is 20.7 Å². The number of hydrogen-bond acceptors (Lipinski definition) is 6. The molecule has 0 saturated carbocycles. The Morgan fingerprint density at radius 3 is 2.86 bits per heavy atom. The normalized spacial score (nSPS) is 15.6. The molecular formula is C14H20N4O3. The van der Waals surface area contributed by atoms with E-state index in [-0.39, 0.29) is 6.61 Å². The molecule has 1 atom stereocenters. The van der Waals surface area contributed by atoms with Crippen molar-refractivity contribution in [1.29, 1.82) is 0 Å². The summed E-state index contributed by atoms with van der Waals surface area (Å²) in [4.78, 5) is 29.9. The van der Waals surface area contributed by atoms with Crippen molar-refractivity contribution in [3.05, 3.63) is 18.3 Å². The molecule has 1 aromatic rings. The number of esters is 1. The number of nitrogens with zero attached hydrogens (tertiary/aromatic N) is 2. The number of nitrogens with two attached hydrogens (primary N) is 1. The lowest BCUT2D eigenvalue weighted by Crippen LogP contribution is -2.43. The van der Waals surface area contributed by atoms with Gasteiger partial charge in [-0.3, -0.25) is 4.79 Å². The van der Waals surface area contributed by atoms with E-state index in [1.165, 1.54) is 0 Å². The largest absolute Gasteiger partial charge is 0.464 e. The molecule has 0 bridgehead atoms. The molecule has 0 radical (unpaired) electrons. The van der Waals surface area contributed by atoms with Crippen LogP contribution in [0, 0.1) is 0 Å². The molecule has 2 heterocycles. The van der Waals surface area contributed by atoms with Gasteiger partial charge in [0.05, 0.1) is 12.3 Å². The molecule has 1 aliphatic heterocycles. The molecular weight excluding hydrogens is 272 g/mol. The Hall–Kier alpha value is -2.15. The summed E-state index contributed by atoms with van der Waals surface area (Å²) in [5.74, 6) is -0.622. The first-order valence-electron chi connectivity index (χ1n) is 7.06. The fourth-order valence-corrected chi connectivity index (χ4v) is 2.23. The monoisotopic (exact) mass is 292 g/mol. The molecule has 1 aromatic heterocycles. The molecule has 114 valence electrons. The number of aromatic nitrogens is 1. The third-order valence-electron chi connectivity index (χ3n) is 3.27. The molecule has 1 amide bonds. The summed E-state index contributed by atoms with van der Waals surface area (Å²) < 4.78 is 4.74. The average molecular weight is 292 g/mol. The molecule has 1 aliphatic rings. The number of rotatable bonds is 5. The summed E-state index contributed by atoms with van der Waals surface area (Å²) >= 11 is 0. The van der Waals surface area contributed by atoms with Gasteiger partial charge in [-0.05, 0) is 31.9 Å². The van der Waals surface area contributed by atoms with Crippen LogP contribution in [0.3, 0.4) is 0 Å². The van der Waals surface area contributed by atoms with Gasteiger partial charge in [-0.25, -0.2) is 9.78 Å². The zero-order valence-electron chi connectivity index (χ0n) is 12.0. The van der Waals surface area contributed by atoms with Gasteiger partial charge in [0.2, 0.25) is 0 Å². The minimum atomic E-state index is -1.34. The second kappa shape index (κ2) is 7.03. The molecule has 0 spiro atoms. The van der Waals surface area contributed by atoms with Crippen molar-refractivity contribution in [2.75, 3.05) is 29.9 Å². The zero-order valence-corrected chi connectivity index (χ0v) is 12.0. The molecule has 3 N–H and O–H groups in total. The van der Waals surface area contributed by atoms with Gasteiger partial charge in [-0.15, -0.1) is 0 Å².